The SMILES string of the molecule is Cc1cc2cnc(Nc3cccc(CN4C=NCN4)c3)nc2cc1OC1CCNC1. The van der Waals surface area contributed by atoms with Gasteiger partial charge in [-0.1, -0.05) is 12.1 Å². The summed E-state index contributed by atoms with van der Waals surface area (Å²) in [6.07, 6.45) is 4.92. The predicted octanol–water partition coefficient (Wildman–Crippen LogP) is 2.73. The quantitative estimate of drug-likeness (QED) is 0.583. The van der Waals surface area contributed by atoms with Crippen molar-refractivity contribution >= 4 is 28.9 Å². The van der Waals surface area contributed by atoms with Gasteiger partial charge in [0, 0.05) is 29.9 Å². The van der Waals surface area contributed by atoms with Gasteiger partial charge in [0.25, 0.3) is 0 Å². The molecule has 1 atom stereocenters. The van der Waals surface area contributed by atoms with Crippen LogP contribution in [0.15, 0.2) is 47.6 Å². The second-order valence-corrected chi connectivity index (χ2v) is 7.67. The summed E-state index contributed by atoms with van der Waals surface area (Å²) < 4.78 is 6.19. The van der Waals surface area contributed by atoms with E-state index in [1.54, 1.807) is 0 Å². The van der Waals surface area contributed by atoms with E-state index in [9.17, 15) is 0 Å². The number of hydrogen-bond acceptors (Lipinski definition) is 8. The van der Waals surface area contributed by atoms with Gasteiger partial charge in [0.1, 0.15) is 24.9 Å². The van der Waals surface area contributed by atoms with E-state index >= 15 is 0 Å². The molecule has 30 heavy (non-hydrogen) atoms. The van der Waals surface area contributed by atoms with Crippen LogP contribution in [0.5, 0.6) is 5.75 Å². The van der Waals surface area contributed by atoms with Gasteiger partial charge in [-0.2, -0.15) is 0 Å². The van der Waals surface area contributed by atoms with Crippen molar-refractivity contribution in [3.63, 3.8) is 0 Å². The van der Waals surface area contributed by atoms with Gasteiger partial charge in [-0.25, -0.2) is 15.4 Å². The highest BCUT2D eigenvalue weighted by Crippen LogP contribution is 2.27. The molecule has 0 radical (unpaired) electrons. The summed E-state index contributed by atoms with van der Waals surface area (Å²) >= 11 is 0. The monoisotopic (exact) mass is 403 g/mol. The lowest BCUT2D eigenvalue weighted by atomic mass is 10.1. The van der Waals surface area contributed by atoms with Gasteiger partial charge in [-0.05, 0) is 49.2 Å². The van der Waals surface area contributed by atoms with E-state index in [0.717, 1.165) is 59.5 Å². The summed E-state index contributed by atoms with van der Waals surface area (Å²) in [4.78, 5) is 13.4. The molecular weight excluding hydrogens is 378 g/mol. The molecule has 5 rings (SSSR count). The minimum absolute atomic E-state index is 0.221. The van der Waals surface area contributed by atoms with Crippen molar-refractivity contribution in [2.24, 2.45) is 4.99 Å². The molecule has 8 heteroatoms. The average Bonchev–Trinajstić information content (AvgIpc) is 3.43. The number of ether oxygens (including phenoxy) is 1. The lowest BCUT2D eigenvalue weighted by Gasteiger charge is -2.16. The fourth-order valence-electron chi connectivity index (χ4n) is 3.75. The normalized spacial score (nSPS) is 18.3. The van der Waals surface area contributed by atoms with E-state index in [2.05, 4.69) is 51.2 Å². The number of nitrogens with one attached hydrogen (secondary N) is 3. The Bertz CT molecular complexity index is 1080. The molecule has 2 aliphatic heterocycles. The Morgan fingerprint density at radius 2 is 2.23 bits per heavy atom. The van der Waals surface area contributed by atoms with Crippen molar-refractivity contribution in [2.45, 2.75) is 26.0 Å². The molecule has 154 valence electrons. The topological polar surface area (TPSA) is 86.7 Å². The number of anilines is 2. The van der Waals surface area contributed by atoms with E-state index in [4.69, 9.17) is 9.72 Å². The van der Waals surface area contributed by atoms with Crippen LogP contribution in [-0.4, -0.2) is 47.2 Å². The molecule has 3 N–H and O–H groups in total. The first-order valence-electron chi connectivity index (χ1n) is 10.2. The highest BCUT2D eigenvalue weighted by atomic mass is 16.5. The van der Waals surface area contributed by atoms with Crippen LogP contribution in [0.2, 0.25) is 0 Å². The number of hydrogen-bond donors (Lipinski definition) is 3. The molecule has 1 aromatic heterocycles. The highest BCUT2D eigenvalue weighted by Gasteiger charge is 2.17. The molecule has 3 heterocycles. The molecule has 0 spiro atoms. The van der Waals surface area contributed by atoms with Crippen LogP contribution in [0.3, 0.4) is 0 Å². The Morgan fingerprint density at radius 1 is 1.27 bits per heavy atom. The first kappa shape index (κ1) is 18.8. The summed E-state index contributed by atoms with van der Waals surface area (Å²) in [5.41, 5.74) is 7.26. The maximum atomic E-state index is 6.19. The highest BCUT2D eigenvalue weighted by molar-refractivity contribution is 5.82. The van der Waals surface area contributed by atoms with Gasteiger partial charge >= 0.3 is 0 Å². The van der Waals surface area contributed by atoms with Gasteiger partial charge in [-0.3, -0.25) is 10.0 Å². The molecular formula is C22H25N7O. The second-order valence-electron chi connectivity index (χ2n) is 7.67. The Labute approximate surface area is 175 Å². The van der Waals surface area contributed by atoms with Crippen LogP contribution in [0, 0.1) is 6.92 Å². The molecule has 0 amide bonds. The number of hydrazine groups is 1. The zero-order chi connectivity index (χ0) is 20.3. The van der Waals surface area contributed by atoms with Gasteiger partial charge in [-0.15, -0.1) is 0 Å². The molecule has 0 bridgehead atoms. The molecule has 1 unspecified atom stereocenters. The maximum Gasteiger partial charge on any atom is 0.227 e. The maximum absolute atomic E-state index is 6.19. The van der Waals surface area contributed by atoms with Crippen LogP contribution in [-0.2, 0) is 6.54 Å². The predicted molar refractivity (Wildman–Crippen MR) is 118 cm³/mol. The van der Waals surface area contributed by atoms with Gasteiger partial charge < -0.3 is 15.4 Å². The molecule has 0 aliphatic carbocycles. The summed E-state index contributed by atoms with van der Waals surface area (Å²) in [5.74, 6) is 1.46. The summed E-state index contributed by atoms with van der Waals surface area (Å²) in [7, 11) is 0. The van der Waals surface area contributed by atoms with Crippen molar-refractivity contribution < 1.29 is 4.74 Å². The number of rotatable bonds is 6. The third kappa shape index (κ3) is 4.19. The fraction of sp³-hybridized carbons (Fsp3) is 0.318. The zero-order valence-corrected chi connectivity index (χ0v) is 16.9. The Morgan fingerprint density at radius 3 is 3.07 bits per heavy atom. The van der Waals surface area contributed by atoms with Gasteiger partial charge in [0.15, 0.2) is 0 Å². The van der Waals surface area contributed by atoms with Gasteiger partial charge in [0.2, 0.25) is 5.95 Å². The van der Waals surface area contributed by atoms with Crippen molar-refractivity contribution in [2.75, 3.05) is 25.1 Å². The van der Waals surface area contributed by atoms with Crippen LogP contribution < -0.4 is 20.8 Å². The third-order valence-electron chi connectivity index (χ3n) is 5.31. The van der Waals surface area contributed by atoms with E-state index in [-0.39, 0.29) is 6.10 Å². The fourth-order valence-corrected chi connectivity index (χ4v) is 3.75. The van der Waals surface area contributed by atoms with Crippen LogP contribution in [0.4, 0.5) is 11.6 Å². The number of fused-ring (bicyclic) bond motifs is 1. The molecule has 3 aromatic rings. The standard InChI is InChI=1S/C22H25N7O/c1-15-7-17-10-25-22(28-20(17)9-21(15)30-19-5-6-23-11-19)27-18-4-2-3-16(8-18)12-29-14-24-13-26-29/h2-4,7-10,14,19,23,26H,5-6,11-13H2,1H3,(H,25,27,28). The summed E-state index contributed by atoms with van der Waals surface area (Å²) in [6, 6.07) is 12.3. The van der Waals surface area contributed by atoms with Crippen molar-refractivity contribution in [3.8, 4) is 5.75 Å². The van der Waals surface area contributed by atoms with Crippen molar-refractivity contribution in [3.05, 3.63) is 53.7 Å². The molecule has 1 fully saturated rings. The Hall–Kier alpha value is -3.23. The third-order valence-corrected chi connectivity index (χ3v) is 5.31. The first-order chi connectivity index (χ1) is 14.7. The summed E-state index contributed by atoms with van der Waals surface area (Å²) in [6.45, 7) is 5.34. The lowest BCUT2D eigenvalue weighted by molar-refractivity contribution is 0.222. The van der Waals surface area contributed by atoms with Crippen molar-refractivity contribution in [1.29, 1.82) is 0 Å². The van der Waals surface area contributed by atoms with Crippen molar-refractivity contribution in [1.82, 2.24) is 25.7 Å². The molecule has 2 aliphatic rings. The number of aliphatic imine (C=N–C) groups is 1. The van der Waals surface area contributed by atoms with E-state index in [0.29, 0.717) is 12.6 Å². The lowest BCUT2D eigenvalue weighted by Crippen LogP contribution is -2.30. The number of nitrogens with zero attached hydrogens (tertiary/aromatic N) is 4. The second kappa shape index (κ2) is 8.25. The zero-order valence-electron chi connectivity index (χ0n) is 16.9. The van der Waals surface area contributed by atoms with Crippen LogP contribution in [0.25, 0.3) is 10.9 Å². The minimum Gasteiger partial charge on any atom is -0.489 e. The largest absolute Gasteiger partial charge is 0.489 e. The van der Waals surface area contributed by atoms with Crippen LogP contribution >= 0.6 is 0 Å². The molecule has 0 saturated carbocycles. The van der Waals surface area contributed by atoms with E-state index in [1.807, 2.05) is 35.7 Å². The van der Waals surface area contributed by atoms with E-state index < -0.39 is 0 Å². The number of aryl methyl sites for hydroxylation is 1. The summed E-state index contributed by atoms with van der Waals surface area (Å²) in [5, 5.41) is 9.63. The minimum atomic E-state index is 0.221. The van der Waals surface area contributed by atoms with Crippen LogP contribution in [0.1, 0.15) is 17.5 Å². The first-order valence-corrected chi connectivity index (χ1v) is 10.2. The van der Waals surface area contributed by atoms with E-state index in [1.165, 1.54) is 0 Å². The molecule has 8 nitrogen and oxygen atoms in total. The average molecular weight is 403 g/mol. The molecule has 2 aromatic carbocycles. The smallest absolute Gasteiger partial charge is 0.227 e. The van der Waals surface area contributed by atoms with Gasteiger partial charge in [0.05, 0.1) is 12.1 Å². The Kier molecular flexibility index (Phi) is 5.17. The number of benzene rings is 2. The molecule has 1 saturated heterocycles. The number of aromatic nitrogens is 2. The Balaban J connectivity index is 1.35.